The van der Waals surface area contributed by atoms with Gasteiger partial charge in [0.25, 0.3) is 0 Å². The van der Waals surface area contributed by atoms with Gasteiger partial charge in [-0.05, 0) is 42.3 Å². The maximum Gasteiger partial charge on any atom is 0.129 e. The molecule has 20 heavy (non-hydrogen) atoms. The van der Waals surface area contributed by atoms with Crippen LogP contribution < -0.4 is 5.32 Å². The van der Waals surface area contributed by atoms with Gasteiger partial charge in [0.2, 0.25) is 0 Å². The van der Waals surface area contributed by atoms with Crippen LogP contribution in [0.15, 0.2) is 42.5 Å². The molecule has 0 spiro atoms. The van der Waals surface area contributed by atoms with Gasteiger partial charge in [-0.15, -0.1) is 0 Å². The van der Waals surface area contributed by atoms with Crippen molar-refractivity contribution in [2.45, 2.75) is 19.4 Å². The first-order valence-electron chi connectivity index (χ1n) is 6.53. The van der Waals surface area contributed by atoms with Crippen LogP contribution in [0.4, 0.5) is 13.2 Å². The molecule has 0 aliphatic carbocycles. The third kappa shape index (κ3) is 3.61. The lowest BCUT2D eigenvalue weighted by atomic mass is 9.98. The molecule has 0 saturated carbocycles. The predicted octanol–water partition coefficient (Wildman–Crippen LogP) is 4.00. The first-order valence-corrected chi connectivity index (χ1v) is 6.53. The molecule has 0 aliphatic heterocycles. The van der Waals surface area contributed by atoms with E-state index < -0.39 is 11.6 Å². The van der Waals surface area contributed by atoms with Gasteiger partial charge >= 0.3 is 0 Å². The van der Waals surface area contributed by atoms with Gasteiger partial charge < -0.3 is 5.32 Å². The molecule has 1 N–H and O–H groups in total. The molecule has 0 aliphatic rings. The molecular formula is C16H16F3N. The highest BCUT2D eigenvalue weighted by Crippen LogP contribution is 2.21. The van der Waals surface area contributed by atoms with Crippen LogP contribution in [-0.2, 0) is 6.42 Å². The Bertz CT molecular complexity index is 584. The lowest BCUT2D eigenvalue weighted by Gasteiger charge is -2.19. The van der Waals surface area contributed by atoms with Crippen molar-refractivity contribution in [2.75, 3.05) is 6.54 Å². The average Bonchev–Trinajstić information content (AvgIpc) is 2.41. The van der Waals surface area contributed by atoms with Crippen LogP contribution in [0.5, 0.6) is 0 Å². The zero-order chi connectivity index (χ0) is 14.5. The summed E-state index contributed by atoms with van der Waals surface area (Å²) >= 11 is 0. The Kier molecular flexibility index (Phi) is 4.79. The molecule has 0 aromatic heterocycles. The first-order chi connectivity index (χ1) is 9.60. The second-order valence-electron chi connectivity index (χ2n) is 4.61. The van der Waals surface area contributed by atoms with E-state index in [1.807, 2.05) is 6.92 Å². The summed E-state index contributed by atoms with van der Waals surface area (Å²) in [6.45, 7) is 2.59. The minimum Gasteiger partial charge on any atom is -0.310 e. The molecule has 0 fully saturated rings. The Morgan fingerprint density at radius 1 is 1.00 bits per heavy atom. The van der Waals surface area contributed by atoms with Crippen LogP contribution in [0.3, 0.4) is 0 Å². The fourth-order valence-corrected chi connectivity index (χ4v) is 2.18. The van der Waals surface area contributed by atoms with Crippen molar-refractivity contribution in [1.29, 1.82) is 0 Å². The largest absolute Gasteiger partial charge is 0.310 e. The summed E-state index contributed by atoms with van der Waals surface area (Å²) in [5, 5.41) is 3.19. The van der Waals surface area contributed by atoms with E-state index in [0.29, 0.717) is 18.5 Å². The van der Waals surface area contributed by atoms with E-state index in [-0.39, 0.29) is 11.9 Å². The first kappa shape index (κ1) is 14.6. The Morgan fingerprint density at radius 3 is 2.40 bits per heavy atom. The van der Waals surface area contributed by atoms with E-state index in [4.69, 9.17) is 0 Å². The second kappa shape index (κ2) is 6.57. The zero-order valence-corrected chi connectivity index (χ0v) is 11.2. The Morgan fingerprint density at radius 2 is 1.75 bits per heavy atom. The monoisotopic (exact) mass is 279 g/mol. The molecule has 0 heterocycles. The summed E-state index contributed by atoms with van der Waals surface area (Å²) in [5.41, 5.74) is 1.15. The van der Waals surface area contributed by atoms with Gasteiger partial charge in [-0.2, -0.15) is 0 Å². The molecule has 0 bridgehead atoms. The molecule has 0 saturated heterocycles. The normalized spacial score (nSPS) is 12.4. The van der Waals surface area contributed by atoms with Gasteiger partial charge in [-0.3, -0.25) is 0 Å². The third-order valence-corrected chi connectivity index (χ3v) is 3.14. The molecule has 0 radical (unpaired) electrons. The van der Waals surface area contributed by atoms with E-state index in [1.165, 1.54) is 24.3 Å². The molecule has 1 unspecified atom stereocenters. The summed E-state index contributed by atoms with van der Waals surface area (Å²) < 4.78 is 39.9. The van der Waals surface area contributed by atoms with Crippen LogP contribution >= 0.6 is 0 Å². The average molecular weight is 279 g/mol. The number of hydrogen-bond donors (Lipinski definition) is 1. The van der Waals surface area contributed by atoms with Gasteiger partial charge in [0.15, 0.2) is 0 Å². The molecule has 1 nitrogen and oxygen atoms in total. The van der Waals surface area contributed by atoms with Crippen LogP contribution in [0, 0.1) is 17.5 Å². The molecule has 106 valence electrons. The Labute approximate surface area is 116 Å². The highest BCUT2D eigenvalue weighted by Gasteiger charge is 2.14. The molecular weight excluding hydrogens is 263 g/mol. The lowest BCUT2D eigenvalue weighted by Crippen LogP contribution is -2.23. The third-order valence-electron chi connectivity index (χ3n) is 3.14. The minimum absolute atomic E-state index is 0.212. The van der Waals surface area contributed by atoms with E-state index in [9.17, 15) is 13.2 Å². The van der Waals surface area contributed by atoms with Gasteiger partial charge in [0.05, 0.1) is 0 Å². The number of likely N-dealkylation sites (N-methyl/N-ethyl adjacent to an activating group) is 1. The molecule has 2 aromatic rings. The van der Waals surface area contributed by atoms with E-state index in [0.717, 1.165) is 11.6 Å². The van der Waals surface area contributed by atoms with Crippen molar-refractivity contribution in [1.82, 2.24) is 5.32 Å². The maximum absolute atomic E-state index is 13.7. The highest BCUT2D eigenvalue weighted by molar-refractivity contribution is 5.25. The van der Waals surface area contributed by atoms with Crippen molar-refractivity contribution in [2.24, 2.45) is 0 Å². The number of hydrogen-bond acceptors (Lipinski definition) is 1. The zero-order valence-electron chi connectivity index (χ0n) is 11.2. The number of rotatable bonds is 5. The summed E-state index contributed by atoms with van der Waals surface area (Å²) in [7, 11) is 0. The fourth-order valence-electron chi connectivity index (χ4n) is 2.18. The van der Waals surface area contributed by atoms with E-state index >= 15 is 0 Å². The van der Waals surface area contributed by atoms with Crippen molar-refractivity contribution in [3.63, 3.8) is 0 Å². The van der Waals surface area contributed by atoms with E-state index in [2.05, 4.69) is 5.32 Å². The van der Waals surface area contributed by atoms with Crippen LogP contribution in [-0.4, -0.2) is 6.54 Å². The van der Waals surface area contributed by atoms with Gasteiger partial charge in [0.1, 0.15) is 17.5 Å². The van der Waals surface area contributed by atoms with E-state index in [1.54, 1.807) is 12.1 Å². The molecule has 2 rings (SSSR count). The Balaban J connectivity index is 2.25. The van der Waals surface area contributed by atoms with Crippen LogP contribution in [0.2, 0.25) is 0 Å². The van der Waals surface area contributed by atoms with Crippen molar-refractivity contribution in [3.05, 3.63) is 71.0 Å². The number of halogens is 3. The highest BCUT2D eigenvalue weighted by atomic mass is 19.1. The van der Waals surface area contributed by atoms with Crippen molar-refractivity contribution < 1.29 is 13.2 Å². The number of nitrogens with one attached hydrogen (secondary N) is 1. The quantitative estimate of drug-likeness (QED) is 0.872. The minimum atomic E-state index is -0.600. The van der Waals surface area contributed by atoms with Crippen molar-refractivity contribution in [3.8, 4) is 0 Å². The van der Waals surface area contributed by atoms with Gasteiger partial charge in [-0.1, -0.05) is 25.1 Å². The summed E-state index contributed by atoms with van der Waals surface area (Å²) in [4.78, 5) is 0. The fraction of sp³-hybridized carbons (Fsp3) is 0.250. The van der Waals surface area contributed by atoms with Crippen molar-refractivity contribution >= 4 is 0 Å². The lowest BCUT2D eigenvalue weighted by molar-refractivity contribution is 0.517. The molecule has 1 atom stereocenters. The smallest absolute Gasteiger partial charge is 0.129 e. The van der Waals surface area contributed by atoms with Crippen LogP contribution in [0.1, 0.15) is 24.1 Å². The SMILES string of the molecule is CCNC(Cc1ccc(F)cc1F)c1cccc(F)c1. The standard InChI is InChI=1S/C16H16F3N/c1-2-20-16(12-4-3-5-13(17)8-12)9-11-6-7-14(18)10-15(11)19/h3-8,10,16,20H,2,9H2,1H3. The molecule has 2 aromatic carbocycles. The van der Waals surface area contributed by atoms with Gasteiger partial charge in [0, 0.05) is 12.1 Å². The van der Waals surface area contributed by atoms with Crippen LogP contribution in [0.25, 0.3) is 0 Å². The molecule has 4 heteroatoms. The second-order valence-corrected chi connectivity index (χ2v) is 4.61. The predicted molar refractivity (Wildman–Crippen MR) is 72.9 cm³/mol. The topological polar surface area (TPSA) is 12.0 Å². The summed E-state index contributed by atoms with van der Waals surface area (Å²) in [6, 6.07) is 9.51. The summed E-state index contributed by atoms with van der Waals surface area (Å²) in [6.07, 6.45) is 0.337. The summed E-state index contributed by atoms with van der Waals surface area (Å²) in [5.74, 6) is -1.51. The Hall–Kier alpha value is -1.81. The number of benzene rings is 2. The van der Waals surface area contributed by atoms with Gasteiger partial charge in [-0.25, -0.2) is 13.2 Å². The molecule has 0 amide bonds. The maximum atomic E-state index is 13.7.